The zero-order valence-corrected chi connectivity index (χ0v) is 16.2. The Kier molecular flexibility index (Phi) is 6.08. The maximum absolute atomic E-state index is 12.5. The van der Waals surface area contributed by atoms with E-state index in [0.29, 0.717) is 28.7 Å². The van der Waals surface area contributed by atoms with Gasteiger partial charge in [0.05, 0.1) is 17.2 Å². The Morgan fingerprint density at radius 3 is 2.61 bits per heavy atom. The largest absolute Gasteiger partial charge is 0.380 e. The number of nitrogens with one attached hydrogen (secondary N) is 2. The predicted molar refractivity (Wildman–Crippen MR) is 108 cm³/mol. The maximum Gasteiger partial charge on any atom is 0.276 e. The molecule has 8 heteroatoms. The van der Waals surface area contributed by atoms with Gasteiger partial charge in [-0.25, -0.2) is 0 Å². The minimum absolute atomic E-state index is 0.175. The van der Waals surface area contributed by atoms with E-state index < -0.39 is 0 Å². The molecule has 2 amide bonds. The third-order valence-electron chi connectivity index (χ3n) is 3.97. The highest BCUT2D eigenvalue weighted by atomic mass is 35.5. The Hall–Kier alpha value is -3.16. The molecule has 0 aliphatic heterocycles. The van der Waals surface area contributed by atoms with Gasteiger partial charge in [-0.1, -0.05) is 35.9 Å². The van der Waals surface area contributed by atoms with Crippen molar-refractivity contribution in [3.63, 3.8) is 0 Å². The molecule has 0 saturated carbocycles. The average Bonchev–Trinajstić information content (AvgIpc) is 3.03. The summed E-state index contributed by atoms with van der Waals surface area (Å²) in [6, 6.07) is 15.6. The topological polar surface area (TPSA) is 85.3 Å². The van der Waals surface area contributed by atoms with Crippen molar-refractivity contribution in [3.05, 3.63) is 76.4 Å². The molecule has 7 nitrogen and oxygen atoms in total. The van der Waals surface area contributed by atoms with Crippen molar-refractivity contribution in [1.29, 1.82) is 0 Å². The van der Waals surface area contributed by atoms with E-state index in [9.17, 15) is 9.59 Å². The lowest BCUT2D eigenvalue weighted by Gasteiger charge is -2.06. The van der Waals surface area contributed by atoms with Crippen molar-refractivity contribution in [1.82, 2.24) is 9.78 Å². The van der Waals surface area contributed by atoms with Crippen LogP contribution in [0.3, 0.4) is 0 Å². The van der Waals surface area contributed by atoms with Crippen molar-refractivity contribution >= 4 is 34.9 Å². The summed E-state index contributed by atoms with van der Waals surface area (Å²) >= 11 is 6.05. The molecular weight excluding hydrogens is 380 g/mol. The second kappa shape index (κ2) is 8.69. The number of hydrogen-bond acceptors (Lipinski definition) is 4. The molecule has 0 spiro atoms. The average molecular weight is 399 g/mol. The van der Waals surface area contributed by atoms with Gasteiger partial charge in [-0.15, -0.1) is 0 Å². The Bertz CT molecular complexity index is 1020. The van der Waals surface area contributed by atoms with Crippen molar-refractivity contribution in [2.45, 2.75) is 6.61 Å². The van der Waals surface area contributed by atoms with Gasteiger partial charge in [-0.3, -0.25) is 14.3 Å². The first-order chi connectivity index (χ1) is 13.5. The number of rotatable bonds is 6. The zero-order chi connectivity index (χ0) is 20.1. The molecule has 28 heavy (non-hydrogen) atoms. The molecule has 0 fully saturated rings. The third kappa shape index (κ3) is 4.57. The summed E-state index contributed by atoms with van der Waals surface area (Å²) in [4.78, 5) is 24.9. The summed E-state index contributed by atoms with van der Waals surface area (Å²) < 4.78 is 6.52. The smallest absolute Gasteiger partial charge is 0.276 e. The van der Waals surface area contributed by atoms with E-state index in [2.05, 4.69) is 15.7 Å². The van der Waals surface area contributed by atoms with Crippen LogP contribution < -0.4 is 10.6 Å². The molecule has 0 bridgehead atoms. The van der Waals surface area contributed by atoms with E-state index in [0.717, 1.165) is 5.56 Å². The van der Waals surface area contributed by atoms with Crippen LogP contribution in [0.2, 0.25) is 5.02 Å². The van der Waals surface area contributed by atoms with Crippen LogP contribution in [0.5, 0.6) is 0 Å². The van der Waals surface area contributed by atoms with Gasteiger partial charge in [0.1, 0.15) is 5.82 Å². The fourth-order valence-electron chi connectivity index (χ4n) is 2.62. The summed E-state index contributed by atoms with van der Waals surface area (Å²) in [5.41, 5.74) is 2.08. The normalized spacial score (nSPS) is 10.5. The molecule has 0 aliphatic rings. The van der Waals surface area contributed by atoms with Crippen LogP contribution >= 0.6 is 11.6 Å². The number of amides is 2. The van der Waals surface area contributed by atoms with Crippen molar-refractivity contribution in [2.75, 3.05) is 17.7 Å². The first-order valence-electron chi connectivity index (χ1n) is 8.47. The van der Waals surface area contributed by atoms with Crippen LogP contribution in [0.1, 0.15) is 26.4 Å². The monoisotopic (exact) mass is 398 g/mol. The molecule has 0 radical (unpaired) electrons. The quantitative estimate of drug-likeness (QED) is 0.662. The van der Waals surface area contributed by atoms with Gasteiger partial charge >= 0.3 is 0 Å². The Morgan fingerprint density at radius 2 is 1.86 bits per heavy atom. The molecule has 0 saturated heterocycles. The number of methoxy groups -OCH3 is 1. The number of nitrogens with zero attached hydrogens (tertiary/aromatic N) is 2. The SMILES string of the molecule is COCc1cccc(NC(=O)c2cc(NC(=O)c3ccccc3Cl)n(C)n2)c1. The molecule has 0 aliphatic carbocycles. The summed E-state index contributed by atoms with van der Waals surface area (Å²) in [5.74, 6) is -0.389. The van der Waals surface area contributed by atoms with E-state index in [1.165, 1.54) is 10.7 Å². The highest BCUT2D eigenvalue weighted by Crippen LogP contribution is 2.18. The molecule has 2 aromatic carbocycles. The number of hydrogen-bond donors (Lipinski definition) is 2. The summed E-state index contributed by atoms with van der Waals surface area (Å²) in [6.45, 7) is 0.450. The molecular formula is C20H19ClN4O3. The number of carbonyl (C=O) groups excluding carboxylic acids is 2. The second-order valence-electron chi connectivity index (χ2n) is 6.06. The summed E-state index contributed by atoms with van der Waals surface area (Å²) in [7, 11) is 3.25. The molecule has 1 heterocycles. The number of halogens is 1. The van der Waals surface area contributed by atoms with Gasteiger partial charge in [0.25, 0.3) is 11.8 Å². The highest BCUT2D eigenvalue weighted by molar-refractivity contribution is 6.34. The van der Waals surface area contributed by atoms with Crippen LogP contribution in [-0.4, -0.2) is 28.7 Å². The van der Waals surface area contributed by atoms with Crippen LogP contribution in [0.15, 0.2) is 54.6 Å². The number of aryl methyl sites for hydroxylation is 1. The molecule has 3 rings (SSSR count). The molecule has 3 aromatic rings. The molecule has 144 valence electrons. The lowest BCUT2D eigenvalue weighted by Crippen LogP contribution is -2.14. The number of ether oxygens (including phenoxy) is 1. The van der Waals surface area contributed by atoms with E-state index in [1.54, 1.807) is 44.5 Å². The predicted octanol–water partition coefficient (Wildman–Crippen LogP) is 3.72. The number of benzene rings is 2. The van der Waals surface area contributed by atoms with Gasteiger partial charge in [0.15, 0.2) is 5.69 Å². The van der Waals surface area contributed by atoms with Gasteiger partial charge < -0.3 is 15.4 Å². The standard InChI is InChI=1S/C20H19ClN4O3/c1-25-18(23-19(26)15-8-3-4-9-16(15)21)11-17(24-25)20(27)22-14-7-5-6-13(10-14)12-28-2/h3-11H,12H2,1-2H3,(H,22,27)(H,23,26). The van der Waals surface area contributed by atoms with E-state index in [-0.39, 0.29) is 17.5 Å². The van der Waals surface area contributed by atoms with Crippen LogP contribution in [-0.2, 0) is 18.4 Å². The Labute approximate surface area is 167 Å². The summed E-state index contributed by atoms with van der Waals surface area (Å²) in [5, 5.41) is 10.0. The Morgan fingerprint density at radius 1 is 1.07 bits per heavy atom. The second-order valence-corrected chi connectivity index (χ2v) is 6.47. The lowest BCUT2D eigenvalue weighted by molar-refractivity contribution is 0.101. The van der Waals surface area contributed by atoms with E-state index >= 15 is 0 Å². The van der Waals surface area contributed by atoms with Crippen LogP contribution in [0.25, 0.3) is 0 Å². The highest BCUT2D eigenvalue weighted by Gasteiger charge is 2.16. The Balaban J connectivity index is 1.73. The fourth-order valence-corrected chi connectivity index (χ4v) is 2.85. The third-order valence-corrected chi connectivity index (χ3v) is 4.30. The molecule has 0 unspecified atom stereocenters. The van der Waals surface area contributed by atoms with Crippen LogP contribution in [0, 0.1) is 0 Å². The lowest BCUT2D eigenvalue weighted by atomic mass is 10.2. The maximum atomic E-state index is 12.5. The summed E-state index contributed by atoms with van der Waals surface area (Å²) in [6.07, 6.45) is 0. The molecule has 0 atom stereocenters. The van der Waals surface area contributed by atoms with Gasteiger partial charge in [-0.2, -0.15) is 5.10 Å². The molecule has 2 N–H and O–H groups in total. The number of anilines is 2. The minimum Gasteiger partial charge on any atom is -0.380 e. The van der Waals surface area contributed by atoms with Crippen molar-refractivity contribution in [3.8, 4) is 0 Å². The zero-order valence-electron chi connectivity index (χ0n) is 15.4. The first-order valence-corrected chi connectivity index (χ1v) is 8.85. The van der Waals surface area contributed by atoms with E-state index in [4.69, 9.17) is 16.3 Å². The van der Waals surface area contributed by atoms with Crippen molar-refractivity contribution < 1.29 is 14.3 Å². The van der Waals surface area contributed by atoms with Gasteiger partial charge in [0, 0.05) is 25.9 Å². The fraction of sp³-hybridized carbons (Fsp3) is 0.150. The van der Waals surface area contributed by atoms with E-state index in [1.807, 2.05) is 18.2 Å². The molecule has 1 aromatic heterocycles. The minimum atomic E-state index is -0.386. The number of carbonyl (C=O) groups is 2. The number of aromatic nitrogens is 2. The van der Waals surface area contributed by atoms with Crippen LogP contribution in [0.4, 0.5) is 11.5 Å². The first kappa shape index (κ1) is 19.6. The van der Waals surface area contributed by atoms with Gasteiger partial charge in [-0.05, 0) is 29.8 Å². The van der Waals surface area contributed by atoms with Gasteiger partial charge in [0.2, 0.25) is 0 Å². The van der Waals surface area contributed by atoms with Crippen molar-refractivity contribution in [2.24, 2.45) is 7.05 Å².